The number of carbonyl (C=O) groups excluding carboxylic acids is 2. The SMILES string of the molecule is CN1C2Cn3cc(C(=O)CCc4ccc(F)cc4)c(=O)c(O)c3C(=O)N2CC[C@@H]1Cc1ccccc1. The number of Topliss-reactive ketones (excluding diaryl/α,β-unsaturated/α-hetero) is 1. The van der Waals surface area contributed by atoms with Crippen molar-refractivity contribution in [2.45, 2.75) is 44.4 Å². The fourth-order valence-corrected chi connectivity index (χ4v) is 5.27. The van der Waals surface area contributed by atoms with Crippen molar-refractivity contribution >= 4 is 11.7 Å². The summed E-state index contributed by atoms with van der Waals surface area (Å²) >= 11 is 0. The van der Waals surface area contributed by atoms with Crippen molar-refractivity contribution in [2.24, 2.45) is 0 Å². The second-order valence-electron chi connectivity index (χ2n) is 9.55. The quantitative estimate of drug-likeness (QED) is 0.538. The fraction of sp³-hybridized carbons (Fsp3) is 0.321. The Morgan fingerprint density at radius 1 is 1.06 bits per heavy atom. The summed E-state index contributed by atoms with van der Waals surface area (Å²) in [5, 5.41) is 10.7. The van der Waals surface area contributed by atoms with Crippen molar-refractivity contribution in [3.05, 3.63) is 99.2 Å². The minimum absolute atomic E-state index is 0.0300. The van der Waals surface area contributed by atoms with E-state index in [1.807, 2.05) is 25.2 Å². The normalized spacial score (nSPS) is 19.6. The third-order valence-electron chi connectivity index (χ3n) is 7.36. The molecule has 7 nitrogen and oxygen atoms in total. The van der Waals surface area contributed by atoms with E-state index in [1.54, 1.807) is 21.6 Å². The smallest absolute Gasteiger partial charge is 0.275 e. The van der Waals surface area contributed by atoms with Crippen molar-refractivity contribution in [1.29, 1.82) is 0 Å². The van der Waals surface area contributed by atoms with Crippen LogP contribution in [-0.2, 0) is 19.4 Å². The Morgan fingerprint density at radius 2 is 1.78 bits per heavy atom. The molecule has 0 saturated carbocycles. The molecule has 3 aromatic rings. The second-order valence-corrected chi connectivity index (χ2v) is 9.55. The number of hydrogen-bond acceptors (Lipinski definition) is 5. The van der Waals surface area contributed by atoms with Gasteiger partial charge in [-0.15, -0.1) is 0 Å². The first-order chi connectivity index (χ1) is 17.3. The van der Waals surface area contributed by atoms with Gasteiger partial charge < -0.3 is 14.6 Å². The lowest BCUT2D eigenvalue weighted by atomic mass is 9.97. The lowest BCUT2D eigenvalue weighted by Gasteiger charge is -2.49. The molecule has 1 fully saturated rings. The van der Waals surface area contributed by atoms with Crippen LogP contribution >= 0.6 is 0 Å². The van der Waals surface area contributed by atoms with Gasteiger partial charge in [0, 0.05) is 25.2 Å². The predicted molar refractivity (Wildman–Crippen MR) is 133 cm³/mol. The van der Waals surface area contributed by atoms with E-state index in [0.717, 1.165) is 18.4 Å². The molecule has 0 aliphatic carbocycles. The molecule has 5 rings (SSSR count). The number of carbonyl (C=O) groups is 2. The van der Waals surface area contributed by atoms with Crippen molar-refractivity contribution in [1.82, 2.24) is 14.4 Å². The number of aryl methyl sites for hydroxylation is 1. The number of aromatic hydroxyl groups is 1. The van der Waals surface area contributed by atoms with Crippen LogP contribution in [-0.4, -0.2) is 57.0 Å². The van der Waals surface area contributed by atoms with Crippen LogP contribution in [0.15, 0.2) is 65.6 Å². The van der Waals surface area contributed by atoms with Gasteiger partial charge in [0.2, 0.25) is 5.43 Å². The van der Waals surface area contributed by atoms with Gasteiger partial charge in [0.25, 0.3) is 5.91 Å². The number of amides is 1. The maximum absolute atomic E-state index is 13.3. The minimum Gasteiger partial charge on any atom is -0.503 e. The van der Waals surface area contributed by atoms with Gasteiger partial charge in [0.1, 0.15) is 12.0 Å². The molecule has 0 radical (unpaired) electrons. The third-order valence-corrected chi connectivity index (χ3v) is 7.36. The lowest BCUT2D eigenvalue weighted by Crippen LogP contribution is -2.63. The molecule has 1 unspecified atom stereocenters. The van der Waals surface area contributed by atoms with E-state index < -0.39 is 22.9 Å². The summed E-state index contributed by atoms with van der Waals surface area (Å²) < 4.78 is 14.7. The highest BCUT2D eigenvalue weighted by atomic mass is 19.1. The van der Waals surface area contributed by atoms with Gasteiger partial charge in [0.05, 0.1) is 12.1 Å². The van der Waals surface area contributed by atoms with Gasteiger partial charge in [0.15, 0.2) is 17.2 Å². The molecule has 1 aromatic heterocycles. The topological polar surface area (TPSA) is 82.9 Å². The summed E-state index contributed by atoms with van der Waals surface area (Å²) in [6.07, 6.45) is 3.15. The maximum atomic E-state index is 13.3. The zero-order valence-electron chi connectivity index (χ0n) is 20.1. The summed E-state index contributed by atoms with van der Waals surface area (Å²) in [5.74, 6) is -1.87. The molecule has 2 atom stereocenters. The molecule has 2 aliphatic heterocycles. The number of hydrogen-bond donors (Lipinski definition) is 1. The number of benzene rings is 2. The summed E-state index contributed by atoms with van der Waals surface area (Å²) in [6, 6.07) is 16.3. The Bertz CT molecular complexity index is 1350. The Balaban J connectivity index is 1.38. The van der Waals surface area contributed by atoms with Gasteiger partial charge in [-0.2, -0.15) is 0 Å². The van der Waals surface area contributed by atoms with Crippen LogP contribution in [0.4, 0.5) is 4.39 Å². The number of aromatic nitrogens is 1. The van der Waals surface area contributed by atoms with Crippen molar-refractivity contribution in [3.8, 4) is 5.75 Å². The number of rotatable bonds is 6. The van der Waals surface area contributed by atoms with Crippen molar-refractivity contribution < 1.29 is 19.1 Å². The largest absolute Gasteiger partial charge is 0.503 e. The van der Waals surface area contributed by atoms with Crippen LogP contribution in [0.25, 0.3) is 0 Å². The number of likely N-dealkylation sites (N-methyl/N-ethyl adjacent to an activating group) is 1. The summed E-state index contributed by atoms with van der Waals surface area (Å²) in [6.45, 7) is 0.867. The summed E-state index contributed by atoms with van der Waals surface area (Å²) in [5.41, 5.74) is 0.955. The standard InChI is InChI=1S/C28H28FN3O4/c1-30-21(15-19-5-3-2-4-6-19)13-14-32-24(30)17-31-16-22(26(34)27(35)25(31)28(32)36)23(33)12-9-18-7-10-20(29)11-8-18/h2-8,10-11,16,21,24,35H,9,12-15,17H2,1H3/t21-,24?/m1/s1. The van der Waals surface area contributed by atoms with Crippen LogP contribution in [0.2, 0.25) is 0 Å². The molecule has 2 aromatic carbocycles. The van der Waals surface area contributed by atoms with Gasteiger partial charge >= 0.3 is 0 Å². The fourth-order valence-electron chi connectivity index (χ4n) is 5.27. The van der Waals surface area contributed by atoms with Gasteiger partial charge in [-0.3, -0.25) is 19.3 Å². The maximum Gasteiger partial charge on any atom is 0.275 e. The Labute approximate surface area is 208 Å². The van der Waals surface area contributed by atoms with Gasteiger partial charge in [-0.05, 0) is 49.6 Å². The molecule has 186 valence electrons. The van der Waals surface area contributed by atoms with E-state index in [1.165, 1.54) is 23.9 Å². The average molecular weight is 490 g/mol. The molecular weight excluding hydrogens is 461 g/mol. The second kappa shape index (κ2) is 9.70. The number of fused-ring (bicyclic) bond motifs is 2. The number of ketones is 1. The molecule has 36 heavy (non-hydrogen) atoms. The number of nitrogens with zero attached hydrogens (tertiary/aromatic N) is 3. The minimum atomic E-state index is -0.829. The lowest BCUT2D eigenvalue weighted by molar-refractivity contribution is -0.0239. The highest BCUT2D eigenvalue weighted by Gasteiger charge is 2.42. The average Bonchev–Trinajstić information content (AvgIpc) is 2.88. The molecule has 2 aliphatic rings. The van der Waals surface area contributed by atoms with E-state index in [2.05, 4.69) is 17.0 Å². The molecule has 3 heterocycles. The van der Waals surface area contributed by atoms with Crippen LogP contribution in [0.1, 0.15) is 44.8 Å². The highest BCUT2D eigenvalue weighted by Crippen LogP contribution is 2.30. The molecule has 1 saturated heterocycles. The molecule has 0 bridgehead atoms. The van der Waals surface area contributed by atoms with E-state index >= 15 is 0 Å². The first-order valence-corrected chi connectivity index (χ1v) is 12.1. The molecule has 1 amide bonds. The first-order valence-electron chi connectivity index (χ1n) is 12.1. The zero-order chi connectivity index (χ0) is 25.4. The van der Waals surface area contributed by atoms with Crippen LogP contribution in [0.5, 0.6) is 5.75 Å². The summed E-state index contributed by atoms with van der Waals surface area (Å²) in [4.78, 5) is 43.0. The third kappa shape index (κ3) is 4.44. The molecule has 8 heteroatoms. The Hall–Kier alpha value is -3.78. The highest BCUT2D eigenvalue weighted by molar-refractivity contribution is 6.00. The number of pyridine rings is 1. The van der Waals surface area contributed by atoms with Crippen LogP contribution < -0.4 is 5.43 Å². The van der Waals surface area contributed by atoms with Gasteiger partial charge in [-0.25, -0.2) is 4.39 Å². The van der Waals surface area contributed by atoms with Crippen molar-refractivity contribution in [2.75, 3.05) is 13.6 Å². The zero-order valence-corrected chi connectivity index (χ0v) is 20.1. The van der Waals surface area contributed by atoms with Gasteiger partial charge in [-0.1, -0.05) is 42.5 Å². The summed E-state index contributed by atoms with van der Waals surface area (Å²) in [7, 11) is 1.99. The molecular formula is C28H28FN3O4. The molecule has 0 spiro atoms. The van der Waals surface area contributed by atoms with E-state index in [0.29, 0.717) is 19.5 Å². The number of halogens is 1. The molecule has 1 N–H and O–H groups in total. The first kappa shape index (κ1) is 23.9. The monoisotopic (exact) mass is 489 g/mol. The Kier molecular flexibility index (Phi) is 6.45. The van der Waals surface area contributed by atoms with E-state index in [-0.39, 0.29) is 35.7 Å². The predicted octanol–water partition coefficient (Wildman–Crippen LogP) is 3.24. The van der Waals surface area contributed by atoms with E-state index in [9.17, 15) is 23.9 Å². The van der Waals surface area contributed by atoms with Crippen LogP contribution in [0, 0.1) is 5.82 Å². The van der Waals surface area contributed by atoms with Crippen LogP contribution in [0.3, 0.4) is 0 Å². The van der Waals surface area contributed by atoms with E-state index in [4.69, 9.17) is 0 Å². The Morgan fingerprint density at radius 3 is 2.50 bits per heavy atom. The van der Waals surface area contributed by atoms with Crippen molar-refractivity contribution in [3.63, 3.8) is 0 Å².